The Hall–Kier alpha value is -4.48. The summed E-state index contributed by atoms with van der Waals surface area (Å²) in [4.78, 5) is 30.8. The number of H-pyrrole nitrogens is 1. The number of fused-ring (bicyclic) bond motifs is 1. The van der Waals surface area contributed by atoms with Crippen LogP contribution in [0.2, 0.25) is 0 Å². The Labute approximate surface area is 198 Å². The van der Waals surface area contributed by atoms with Gasteiger partial charge in [-0.3, -0.25) is 14.7 Å². The summed E-state index contributed by atoms with van der Waals surface area (Å²) in [7, 11) is 0. The number of nitrogens with two attached hydrogens (primary N) is 1. The average Bonchev–Trinajstić information content (AvgIpc) is 3.32. The van der Waals surface area contributed by atoms with Gasteiger partial charge in [0.1, 0.15) is 11.5 Å². The standard InChI is InChI=1S/C15H13F3N2O.C8H9N5O/c16-15(17,18)14-8-4-7-13(19-14)10-20(11-21)9-12-5-2-1-3-6-12;1-4(14)12-6-3-10-8(9)5-2-11-13-7(5)6/h1-8,11H,9-10H2;2-3H,1H3,(H2,9,10)(H,11,13)(H,12,14). The first kappa shape index (κ1) is 25.1. The highest BCUT2D eigenvalue weighted by atomic mass is 19.4. The van der Waals surface area contributed by atoms with Crippen LogP contribution in [0.25, 0.3) is 10.9 Å². The molecule has 3 aromatic heterocycles. The van der Waals surface area contributed by atoms with Gasteiger partial charge in [0.25, 0.3) is 0 Å². The van der Waals surface area contributed by atoms with Crippen molar-refractivity contribution in [3.63, 3.8) is 0 Å². The van der Waals surface area contributed by atoms with Crippen molar-refractivity contribution in [1.82, 2.24) is 25.1 Å². The molecule has 0 fully saturated rings. The van der Waals surface area contributed by atoms with Gasteiger partial charge < -0.3 is 16.0 Å². The van der Waals surface area contributed by atoms with Crippen molar-refractivity contribution in [3.05, 3.63) is 77.9 Å². The molecule has 0 aliphatic heterocycles. The Bertz CT molecular complexity index is 1290. The van der Waals surface area contributed by atoms with Gasteiger partial charge in [-0.25, -0.2) is 9.97 Å². The normalized spacial score (nSPS) is 10.9. The molecule has 9 nitrogen and oxygen atoms in total. The smallest absolute Gasteiger partial charge is 0.383 e. The zero-order chi connectivity index (χ0) is 25.4. The van der Waals surface area contributed by atoms with Gasteiger partial charge in [0.05, 0.1) is 41.2 Å². The van der Waals surface area contributed by atoms with Gasteiger partial charge in [-0.05, 0) is 17.7 Å². The number of carbonyl (C=O) groups excluding carboxylic acids is 2. The molecule has 0 radical (unpaired) electrons. The van der Waals surface area contributed by atoms with Gasteiger partial charge in [-0.1, -0.05) is 36.4 Å². The van der Waals surface area contributed by atoms with Gasteiger partial charge in [-0.15, -0.1) is 0 Å². The maximum absolute atomic E-state index is 12.6. The van der Waals surface area contributed by atoms with Gasteiger partial charge >= 0.3 is 6.18 Å². The lowest BCUT2D eigenvalue weighted by atomic mass is 10.2. The molecule has 12 heteroatoms. The number of rotatable bonds is 6. The van der Waals surface area contributed by atoms with Gasteiger partial charge in [-0.2, -0.15) is 18.3 Å². The fourth-order valence-electron chi connectivity index (χ4n) is 3.12. The van der Waals surface area contributed by atoms with Crippen molar-refractivity contribution in [2.45, 2.75) is 26.2 Å². The van der Waals surface area contributed by atoms with E-state index in [0.717, 1.165) is 11.6 Å². The highest BCUT2D eigenvalue weighted by Crippen LogP contribution is 2.27. The minimum Gasteiger partial charge on any atom is -0.383 e. The van der Waals surface area contributed by atoms with Crippen LogP contribution in [0.4, 0.5) is 24.7 Å². The van der Waals surface area contributed by atoms with Crippen LogP contribution in [0.1, 0.15) is 23.9 Å². The number of amides is 2. The summed E-state index contributed by atoms with van der Waals surface area (Å²) in [5, 5.41) is 9.92. The molecule has 0 unspecified atom stereocenters. The molecule has 0 bridgehead atoms. The summed E-state index contributed by atoms with van der Waals surface area (Å²) in [6.07, 6.45) is -0.809. The molecule has 4 N–H and O–H groups in total. The summed E-state index contributed by atoms with van der Waals surface area (Å²) in [5.74, 6) is 0.232. The molecule has 4 rings (SSSR count). The first-order valence-electron chi connectivity index (χ1n) is 10.3. The van der Waals surface area contributed by atoms with Gasteiger partial charge in [0.2, 0.25) is 12.3 Å². The van der Waals surface area contributed by atoms with Crippen molar-refractivity contribution >= 4 is 34.7 Å². The second-order valence-corrected chi connectivity index (χ2v) is 7.40. The van der Waals surface area contributed by atoms with Crippen LogP contribution in [0, 0.1) is 0 Å². The zero-order valence-electron chi connectivity index (χ0n) is 18.6. The molecule has 0 saturated heterocycles. The molecule has 35 heavy (non-hydrogen) atoms. The lowest BCUT2D eigenvalue weighted by Crippen LogP contribution is -2.22. The van der Waals surface area contributed by atoms with Gasteiger partial charge in [0.15, 0.2) is 0 Å². The second-order valence-electron chi connectivity index (χ2n) is 7.40. The molecule has 4 aromatic rings. The van der Waals surface area contributed by atoms with E-state index in [9.17, 15) is 22.8 Å². The van der Waals surface area contributed by atoms with Gasteiger partial charge in [0, 0.05) is 13.5 Å². The number of carbonyl (C=O) groups is 2. The van der Waals surface area contributed by atoms with E-state index < -0.39 is 11.9 Å². The molecule has 182 valence electrons. The molecule has 0 saturated carbocycles. The maximum atomic E-state index is 12.6. The molecular weight excluding hydrogens is 463 g/mol. The number of halogens is 3. The molecule has 0 aliphatic rings. The topological polar surface area (TPSA) is 130 Å². The van der Waals surface area contributed by atoms with E-state index in [0.29, 0.717) is 35.4 Å². The lowest BCUT2D eigenvalue weighted by molar-refractivity contribution is -0.141. The number of nitrogens with zero attached hydrogens (tertiary/aromatic N) is 4. The zero-order valence-corrected chi connectivity index (χ0v) is 18.6. The molecule has 3 heterocycles. The van der Waals surface area contributed by atoms with Crippen LogP contribution in [-0.4, -0.2) is 37.4 Å². The number of aromatic nitrogens is 4. The third-order valence-corrected chi connectivity index (χ3v) is 4.67. The first-order valence-corrected chi connectivity index (χ1v) is 10.3. The van der Waals surface area contributed by atoms with E-state index in [4.69, 9.17) is 5.73 Å². The number of hydrogen-bond donors (Lipinski definition) is 3. The monoisotopic (exact) mass is 485 g/mol. The van der Waals surface area contributed by atoms with Crippen molar-refractivity contribution in [1.29, 1.82) is 0 Å². The van der Waals surface area contributed by atoms with Crippen LogP contribution in [0.15, 0.2) is 60.9 Å². The average molecular weight is 485 g/mol. The summed E-state index contributed by atoms with van der Waals surface area (Å²) in [6, 6.07) is 12.9. The molecule has 0 atom stereocenters. The third-order valence-electron chi connectivity index (χ3n) is 4.67. The Morgan fingerprint density at radius 2 is 1.86 bits per heavy atom. The Kier molecular flexibility index (Phi) is 7.97. The quantitative estimate of drug-likeness (QED) is 0.357. The predicted octanol–water partition coefficient (Wildman–Crippen LogP) is 3.76. The number of pyridine rings is 2. The Morgan fingerprint density at radius 1 is 1.11 bits per heavy atom. The van der Waals surface area contributed by atoms with E-state index in [1.807, 2.05) is 30.3 Å². The number of anilines is 2. The molecule has 0 aliphatic carbocycles. The predicted molar refractivity (Wildman–Crippen MR) is 124 cm³/mol. The summed E-state index contributed by atoms with van der Waals surface area (Å²) >= 11 is 0. The molecule has 2 amide bonds. The number of alkyl halides is 3. The largest absolute Gasteiger partial charge is 0.433 e. The maximum Gasteiger partial charge on any atom is 0.433 e. The van der Waals surface area contributed by atoms with Crippen LogP contribution in [0.5, 0.6) is 0 Å². The number of nitrogen functional groups attached to an aromatic ring is 1. The second kappa shape index (κ2) is 11.1. The van der Waals surface area contributed by atoms with E-state index in [1.165, 1.54) is 30.2 Å². The van der Waals surface area contributed by atoms with E-state index in [1.54, 1.807) is 6.20 Å². The number of aromatic amines is 1. The van der Waals surface area contributed by atoms with E-state index in [2.05, 4.69) is 25.5 Å². The SMILES string of the molecule is CC(=O)Nc1cnc(N)c2cn[nH]c12.O=CN(Cc1ccccc1)Cc1cccc(C(F)(F)F)n1. The highest BCUT2D eigenvalue weighted by Gasteiger charge is 2.32. The van der Waals surface area contributed by atoms with Crippen LogP contribution >= 0.6 is 0 Å². The van der Waals surface area contributed by atoms with E-state index >= 15 is 0 Å². The minimum absolute atomic E-state index is 0.0301. The van der Waals surface area contributed by atoms with Crippen molar-refractivity contribution < 1.29 is 22.8 Å². The Morgan fingerprint density at radius 3 is 2.51 bits per heavy atom. The fourth-order valence-corrected chi connectivity index (χ4v) is 3.12. The van der Waals surface area contributed by atoms with E-state index in [-0.39, 0.29) is 18.1 Å². The highest BCUT2D eigenvalue weighted by molar-refractivity contribution is 6.01. The fraction of sp³-hybridized carbons (Fsp3) is 0.174. The Balaban J connectivity index is 0.000000211. The van der Waals surface area contributed by atoms with Crippen molar-refractivity contribution in [2.24, 2.45) is 0 Å². The van der Waals surface area contributed by atoms with Crippen LogP contribution < -0.4 is 11.1 Å². The third kappa shape index (κ3) is 7.00. The number of nitrogens with one attached hydrogen (secondary N) is 2. The van der Waals surface area contributed by atoms with Crippen molar-refractivity contribution in [3.8, 4) is 0 Å². The summed E-state index contributed by atoms with van der Waals surface area (Å²) in [5.41, 5.74) is 7.03. The molecular formula is C23H22F3N7O2. The number of benzene rings is 1. The number of hydrogen-bond acceptors (Lipinski definition) is 6. The summed E-state index contributed by atoms with van der Waals surface area (Å²) < 4.78 is 37.8. The molecule has 0 spiro atoms. The lowest BCUT2D eigenvalue weighted by Gasteiger charge is -2.17. The van der Waals surface area contributed by atoms with Crippen molar-refractivity contribution in [2.75, 3.05) is 11.1 Å². The van der Waals surface area contributed by atoms with Crippen LogP contribution in [-0.2, 0) is 28.9 Å². The van der Waals surface area contributed by atoms with Crippen LogP contribution in [0.3, 0.4) is 0 Å². The minimum atomic E-state index is -4.48. The summed E-state index contributed by atoms with van der Waals surface area (Å²) in [6.45, 7) is 1.78. The molecule has 1 aromatic carbocycles. The first-order chi connectivity index (χ1) is 16.7.